The lowest BCUT2D eigenvalue weighted by Gasteiger charge is -2.11. The normalized spacial score (nSPS) is 14.7. The SMILES string of the molecule is Oc1ccc(-c2noc(C(C3CC3)[n+]3ccccc3)c2-c2ccccc2)cc1. The van der Waals surface area contributed by atoms with Crippen molar-refractivity contribution in [3.8, 4) is 28.1 Å². The van der Waals surface area contributed by atoms with Crippen LogP contribution in [0.5, 0.6) is 5.75 Å². The molecule has 2 aromatic heterocycles. The van der Waals surface area contributed by atoms with Crippen LogP contribution in [0.15, 0.2) is 89.7 Å². The van der Waals surface area contributed by atoms with Gasteiger partial charge in [0.1, 0.15) is 11.4 Å². The molecule has 1 saturated carbocycles. The minimum Gasteiger partial charge on any atom is -0.508 e. The second-order valence-corrected chi connectivity index (χ2v) is 7.29. The molecule has 1 N–H and O–H groups in total. The molecular weight excluding hydrogens is 348 g/mol. The van der Waals surface area contributed by atoms with Gasteiger partial charge < -0.3 is 9.63 Å². The highest BCUT2D eigenvalue weighted by atomic mass is 16.5. The van der Waals surface area contributed by atoms with Crippen molar-refractivity contribution < 1.29 is 14.2 Å². The van der Waals surface area contributed by atoms with Crippen molar-refractivity contribution >= 4 is 0 Å². The Bertz CT molecular complexity index is 1070. The van der Waals surface area contributed by atoms with Gasteiger partial charge in [-0.3, -0.25) is 0 Å². The van der Waals surface area contributed by atoms with Gasteiger partial charge in [0.05, 0.1) is 5.56 Å². The van der Waals surface area contributed by atoms with Crippen LogP contribution in [0, 0.1) is 5.92 Å². The van der Waals surface area contributed by atoms with Crippen LogP contribution in [-0.4, -0.2) is 10.3 Å². The summed E-state index contributed by atoms with van der Waals surface area (Å²) in [5.41, 5.74) is 3.85. The third-order valence-corrected chi connectivity index (χ3v) is 5.32. The fraction of sp³-hybridized carbons (Fsp3) is 0.167. The Morgan fingerprint density at radius 3 is 2.21 bits per heavy atom. The number of hydrogen-bond acceptors (Lipinski definition) is 3. The van der Waals surface area contributed by atoms with Gasteiger partial charge in [0.2, 0.25) is 11.8 Å². The fourth-order valence-electron chi connectivity index (χ4n) is 3.81. The molecule has 2 aromatic carbocycles. The number of aromatic nitrogens is 2. The van der Waals surface area contributed by atoms with E-state index in [1.165, 1.54) is 12.8 Å². The van der Waals surface area contributed by atoms with E-state index in [4.69, 9.17) is 4.52 Å². The molecule has 0 radical (unpaired) electrons. The summed E-state index contributed by atoms with van der Waals surface area (Å²) in [4.78, 5) is 0. The summed E-state index contributed by atoms with van der Waals surface area (Å²) in [5.74, 6) is 1.69. The highest BCUT2D eigenvalue weighted by molar-refractivity contribution is 5.82. The number of pyridine rings is 1. The highest BCUT2D eigenvalue weighted by Crippen LogP contribution is 2.46. The number of nitrogens with zero attached hydrogens (tertiary/aromatic N) is 2. The maximum absolute atomic E-state index is 9.67. The zero-order chi connectivity index (χ0) is 18.9. The van der Waals surface area contributed by atoms with E-state index < -0.39 is 0 Å². The van der Waals surface area contributed by atoms with Crippen molar-refractivity contribution in [2.45, 2.75) is 18.9 Å². The van der Waals surface area contributed by atoms with E-state index in [2.05, 4.69) is 46.4 Å². The van der Waals surface area contributed by atoms with Crippen LogP contribution in [0.4, 0.5) is 0 Å². The third-order valence-electron chi connectivity index (χ3n) is 5.32. The van der Waals surface area contributed by atoms with Crippen LogP contribution in [0.2, 0.25) is 0 Å². The van der Waals surface area contributed by atoms with Gasteiger partial charge >= 0.3 is 0 Å². The third kappa shape index (κ3) is 3.07. The topological polar surface area (TPSA) is 50.1 Å². The van der Waals surface area contributed by atoms with Gasteiger partial charge in [-0.2, -0.15) is 4.57 Å². The maximum Gasteiger partial charge on any atom is 0.221 e. The van der Waals surface area contributed by atoms with Crippen LogP contribution >= 0.6 is 0 Å². The smallest absolute Gasteiger partial charge is 0.221 e. The van der Waals surface area contributed by atoms with Crippen LogP contribution < -0.4 is 4.57 Å². The minimum absolute atomic E-state index is 0.120. The summed E-state index contributed by atoms with van der Waals surface area (Å²) in [5, 5.41) is 14.1. The van der Waals surface area contributed by atoms with Gasteiger partial charge in [-0.05, 0) is 42.7 Å². The van der Waals surface area contributed by atoms with E-state index in [1.54, 1.807) is 12.1 Å². The first-order valence-corrected chi connectivity index (χ1v) is 9.61. The van der Waals surface area contributed by atoms with Crippen molar-refractivity contribution in [3.05, 3.63) is 91.0 Å². The lowest BCUT2D eigenvalue weighted by molar-refractivity contribution is -0.719. The van der Waals surface area contributed by atoms with Gasteiger partial charge in [0, 0.05) is 23.6 Å². The van der Waals surface area contributed by atoms with E-state index >= 15 is 0 Å². The monoisotopic (exact) mass is 369 g/mol. The summed E-state index contributed by atoms with van der Waals surface area (Å²) in [7, 11) is 0. The second-order valence-electron chi connectivity index (χ2n) is 7.29. The molecule has 138 valence electrons. The summed E-state index contributed by atoms with van der Waals surface area (Å²) in [6.07, 6.45) is 6.58. The number of benzene rings is 2. The molecule has 2 heterocycles. The summed E-state index contributed by atoms with van der Waals surface area (Å²) >= 11 is 0. The van der Waals surface area contributed by atoms with Gasteiger partial charge in [-0.25, -0.2) is 0 Å². The molecule has 1 aliphatic carbocycles. The molecule has 1 atom stereocenters. The first-order valence-electron chi connectivity index (χ1n) is 9.61. The number of phenolic OH excluding ortho intramolecular Hbond substituents is 1. The standard InChI is InChI=1S/C24H20N2O2/c27-20-13-11-18(12-14-20)22-21(17-7-3-1-4-8-17)24(28-25-22)23(19-9-10-19)26-15-5-2-6-16-26/h1-8,11-16,19,23H,9-10H2/p+1. The molecule has 28 heavy (non-hydrogen) atoms. The molecule has 4 nitrogen and oxygen atoms in total. The molecule has 1 fully saturated rings. The van der Waals surface area contributed by atoms with E-state index in [-0.39, 0.29) is 11.8 Å². The second kappa shape index (κ2) is 6.97. The Labute approximate surface area is 163 Å². The van der Waals surface area contributed by atoms with E-state index in [0.717, 1.165) is 28.1 Å². The summed E-state index contributed by atoms with van der Waals surface area (Å²) < 4.78 is 8.25. The maximum atomic E-state index is 9.67. The summed E-state index contributed by atoms with van der Waals surface area (Å²) in [6.45, 7) is 0. The fourth-order valence-corrected chi connectivity index (χ4v) is 3.81. The molecule has 4 heteroatoms. The van der Waals surface area contributed by atoms with Gasteiger partial charge in [-0.1, -0.05) is 41.6 Å². The van der Waals surface area contributed by atoms with Crippen molar-refractivity contribution in [2.24, 2.45) is 5.92 Å². The molecule has 5 rings (SSSR count). The molecule has 0 saturated heterocycles. The predicted molar refractivity (Wildman–Crippen MR) is 107 cm³/mol. The van der Waals surface area contributed by atoms with Crippen molar-refractivity contribution in [1.82, 2.24) is 5.16 Å². The van der Waals surface area contributed by atoms with Crippen LogP contribution in [-0.2, 0) is 0 Å². The number of aromatic hydroxyl groups is 1. The molecule has 0 bridgehead atoms. The van der Waals surface area contributed by atoms with Crippen molar-refractivity contribution in [3.63, 3.8) is 0 Å². The number of phenols is 1. The number of hydrogen-bond donors (Lipinski definition) is 1. The Morgan fingerprint density at radius 1 is 0.857 bits per heavy atom. The van der Waals surface area contributed by atoms with Gasteiger partial charge in [0.15, 0.2) is 12.4 Å². The molecule has 0 aliphatic heterocycles. The average molecular weight is 369 g/mol. The lowest BCUT2D eigenvalue weighted by atomic mass is 9.95. The zero-order valence-corrected chi connectivity index (χ0v) is 15.4. The largest absolute Gasteiger partial charge is 0.508 e. The van der Waals surface area contributed by atoms with E-state index in [0.29, 0.717) is 5.92 Å². The van der Waals surface area contributed by atoms with E-state index in [1.807, 2.05) is 36.4 Å². The Balaban J connectivity index is 1.71. The highest BCUT2D eigenvalue weighted by Gasteiger charge is 2.44. The molecule has 1 aliphatic rings. The summed E-state index contributed by atoms with van der Waals surface area (Å²) in [6, 6.07) is 23.7. The Kier molecular flexibility index (Phi) is 4.17. The number of rotatable bonds is 5. The van der Waals surface area contributed by atoms with Crippen LogP contribution in [0.25, 0.3) is 22.4 Å². The molecular formula is C24H21N2O2+. The van der Waals surface area contributed by atoms with Crippen molar-refractivity contribution in [2.75, 3.05) is 0 Å². The molecule has 0 amide bonds. The van der Waals surface area contributed by atoms with Crippen LogP contribution in [0.1, 0.15) is 24.6 Å². The predicted octanol–water partition coefficient (Wildman–Crippen LogP) is 5.00. The molecule has 4 aromatic rings. The van der Waals surface area contributed by atoms with Gasteiger partial charge in [0.25, 0.3) is 0 Å². The Morgan fingerprint density at radius 2 is 1.54 bits per heavy atom. The zero-order valence-electron chi connectivity index (χ0n) is 15.4. The van der Waals surface area contributed by atoms with Crippen molar-refractivity contribution in [1.29, 1.82) is 0 Å². The first kappa shape index (κ1) is 16.8. The minimum atomic E-state index is 0.120. The quantitative estimate of drug-likeness (QED) is 0.504. The molecule has 0 spiro atoms. The Hall–Kier alpha value is -3.40. The lowest BCUT2D eigenvalue weighted by Crippen LogP contribution is -2.40. The van der Waals surface area contributed by atoms with Crippen LogP contribution in [0.3, 0.4) is 0 Å². The van der Waals surface area contributed by atoms with E-state index in [9.17, 15) is 5.11 Å². The van der Waals surface area contributed by atoms with Gasteiger partial charge in [-0.15, -0.1) is 0 Å². The molecule has 1 unspecified atom stereocenters. The average Bonchev–Trinajstić information content (AvgIpc) is 3.49. The first-order chi connectivity index (χ1) is 13.8.